The van der Waals surface area contributed by atoms with Crippen LogP contribution in [-0.2, 0) is 16.9 Å². The lowest BCUT2D eigenvalue weighted by molar-refractivity contribution is 0.217. The maximum atomic E-state index is 13.0. The predicted octanol–water partition coefficient (Wildman–Crippen LogP) is 5.83. The Labute approximate surface area is 247 Å². The summed E-state index contributed by atoms with van der Waals surface area (Å²) in [7, 11) is -1.94. The highest BCUT2D eigenvalue weighted by Gasteiger charge is 2.28. The van der Waals surface area contributed by atoms with E-state index < -0.39 is 9.84 Å². The second-order valence-electron chi connectivity index (χ2n) is 11.6. The first kappa shape index (κ1) is 29.6. The summed E-state index contributed by atoms with van der Waals surface area (Å²) in [6, 6.07) is 4.30. The normalized spacial score (nSPS) is 18.1. The molecule has 2 aromatic heterocycles. The Morgan fingerprint density at radius 1 is 1.17 bits per heavy atom. The van der Waals surface area contributed by atoms with Gasteiger partial charge in [-0.25, -0.2) is 13.4 Å². The van der Waals surface area contributed by atoms with Crippen LogP contribution in [0.15, 0.2) is 29.6 Å². The van der Waals surface area contributed by atoms with Gasteiger partial charge in [-0.2, -0.15) is 10.1 Å². The quantitative estimate of drug-likeness (QED) is 0.280. The third kappa shape index (κ3) is 7.13. The zero-order chi connectivity index (χ0) is 29.3. The first-order valence-corrected chi connectivity index (χ1v) is 16.4. The van der Waals surface area contributed by atoms with Gasteiger partial charge in [0.25, 0.3) is 0 Å². The second-order valence-corrected chi connectivity index (χ2v) is 13.9. The molecule has 1 aliphatic heterocycles. The molecule has 1 aromatic carbocycles. The molecule has 10 nitrogen and oxygen atoms in total. The SMILES string of the molecule is CCN1CCCC(c2cc(OC3CC3)c(Nc3ncc(Cl)c(Nc4cn(C)nc4S(=O)(=O)CC(C)C)n3)cc2C)C1. The van der Waals surface area contributed by atoms with Crippen molar-refractivity contribution in [2.45, 2.75) is 70.4 Å². The van der Waals surface area contributed by atoms with Crippen molar-refractivity contribution in [3.8, 4) is 5.75 Å². The minimum Gasteiger partial charge on any atom is -0.488 e. The average Bonchev–Trinajstić information content (AvgIpc) is 3.65. The molecular formula is C29H40ClN7O3S. The number of sulfone groups is 1. The van der Waals surface area contributed by atoms with Gasteiger partial charge in [0, 0.05) is 19.8 Å². The number of ether oxygens (including phenoxy) is 1. The van der Waals surface area contributed by atoms with Gasteiger partial charge in [0.05, 0.1) is 29.4 Å². The molecule has 0 spiro atoms. The Morgan fingerprint density at radius 3 is 2.66 bits per heavy atom. The van der Waals surface area contributed by atoms with Gasteiger partial charge in [0.2, 0.25) is 11.0 Å². The fourth-order valence-electron chi connectivity index (χ4n) is 5.37. The van der Waals surface area contributed by atoms with E-state index in [2.05, 4.69) is 56.6 Å². The standard InChI is InChI=1S/C29H40ClN7O3S/c1-6-37-11-7-8-20(15-37)22-13-26(40-21-9-10-21)24(12-19(22)4)33-29-31-14-23(30)27(34-29)32-25-16-36(5)35-28(25)41(38,39)17-18(2)3/h12-14,16,18,20-21H,6-11,15,17H2,1-5H3,(H2,31,32,33,34). The molecule has 1 saturated heterocycles. The van der Waals surface area contributed by atoms with Crippen LogP contribution in [0, 0.1) is 12.8 Å². The van der Waals surface area contributed by atoms with E-state index in [0.29, 0.717) is 17.6 Å². The van der Waals surface area contributed by atoms with E-state index in [1.165, 1.54) is 34.8 Å². The summed E-state index contributed by atoms with van der Waals surface area (Å²) in [5.41, 5.74) is 3.62. The minimum absolute atomic E-state index is 0.0144. The largest absolute Gasteiger partial charge is 0.488 e. The number of nitrogens with one attached hydrogen (secondary N) is 2. The number of rotatable bonds is 11. The average molecular weight is 602 g/mol. The molecule has 1 saturated carbocycles. The summed E-state index contributed by atoms with van der Waals surface area (Å²) in [5, 5.41) is 10.8. The van der Waals surface area contributed by atoms with E-state index in [4.69, 9.17) is 16.3 Å². The minimum atomic E-state index is -3.61. The highest BCUT2D eigenvalue weighted by atomic mass is 35.5. The van der Waals surface area contributed by atoms with Crippen LogP contribution in [-0.4, -0.2) is 64.6 Å². The van der Waals surface area contributed by atoms with Crippen molar-refractivity contribution >= 4 is 44.6 Å². The maximum absolute atomic E-state index is 13.0. The molecule has 2 N–H and O–H groups in total. The van der Waals surface area contributed by atoms with Crippen molar-refractivity contribution in [1.29, 1.82) is 0 Å². The van der Waals surface area contributed by atoms with Crippen molar-refractivity contribution in [2.75, 3.05) is 36.0 Å². The molecule has 41 heavy (non-hydrogen) atoms. The molecule has 2 fully saturated rings. The number of likely N-dealkylation sites (tertiary alicyclic amines) is 1. The van der Waals surface area contributed by atoms with Crippen molar-refractivity contribution in [1.82, 2.24) is 24.6 Å². The Bertz CT molecular complexity index is 1500. The number of halogens is 1. The van der Waals surface area contributed by atoms with Crippen LogP contribution in [0.5, 0.6) is 5.75 Å². The Morgan fingerprint density at radius 2 is 1.95 bits per heavy atom. The highest BCUT2D eigenvalue weighted by molar-refractivity contribution is 7.91. The summed E-state index contributed by atoms with van der Waals surface area (Å²) >= 11 is 6.45. The number of likely N-dealkylation sites (N-methyl/N-ethyl adjacent to an activating group) is 1. The van der Waals surface area contributed by atoms with Gasteiger partial charge in [0.15, 0.2) is 15.7 Å². The molecule has 3 aromatic rings. The van der Waals surface area contributed by atoms with E-state index in [0.717, 1.165) is 43.9 Å². The van der Waals surface area contributed by atoms with Crippen LogP contribution in [0.4, 0.5) is 23.1 Å². The molecule has 1 aliphatic carbocycles. The van der Waals surface area contributed by atoms with Gasteiger partial charge < -0.3 is 20.3 Å². The van der Waals surface area contributed by atoms with Crippen molar-refractivity contribution < 1.29 is 13.2 Å². The molecule has 0 radical (unpaired) electrons. The number of piperidine rings is 1. The molecule has 1 unspecified atom stereocenters. The van der Waals surface area contributed by atoms with Crippen LogP contribution in [0.2, 0.25) is 5.02 Å². The maximum Gasteiger partial charge on any atom is 0.229 e. The predicted molar refractivity (Wildman–Crippen MR) is 163 cm³/mol. The van der Waals surface area contributed by atoms with E-state index in [1.807, 2.05) is 13.8 Å². The van der Waals surface area contributed by atoms with E-state index >= 15 is 0 Å². The van der Waals surface area contributed by atoms with Gasteiger partial charge in [0.1, 0.15) is 10.8 Å². The third-order valence-electron chi connectivity index (χ3n) is 7.46. The fourth-order valence-corrected chi connectivity index (χ4v) is 7.23. The van der Waals surface area contributed by atoms with Crippen molar-refractivity contribution in [3.63, 3.8) is 0 Å². The van der Waals surface area contributed by atoms with Crippen LogP contribution < -0.4 is 15.4 Å². The van der Waals surface area contributed by atoms with E-state index in [-0.39, 0.29) is 33.6 Å². The molecule has 222 valence electrons. The fraction of sp³-hybridized carbons (Fsp3) is 0.552. The zero-order valence-corrected chi connectivity index (χ0v) is 26.0. The molecule has 1 atom stereocenters. The van der Waals surface area contributed by atoms with Crippen molar-refractivity contribution in [2.24, 2.45) is 13.0 Å². The van der Waals surface area contributed by atoms with Gasteiger partial charge in [-0.3, -0.25) is 4.68 Å². The first-order chi connectivity index (χ1) is 19.5. The molecule has 0 bridgehead atoms. The summed E-state index contributed by atoms with van der Waals surface area (Å²) in [5.74, 6) is 1.80. The summed E-state index contributed by atoms with van der Waals surface area (Å²) in [6.45, 7) is 11.4. The number of hydrogen-bond acceptors (Lipinski definition) is 9. The molecule has 5 rings (SSSR count). The highest BCUT2D eigenvalue weighted by Crippen LogP contribution is 2.40. The molecule has 0 amide bonds. The molecule has 3 heterocycles. The summed E-state index contributed by atoms with van der Waals surface area (Å²) in [6.07, 6.45) is 7.79. The number of aryl methyl sites for hydroxylation is 2. The van der Waals surface area contributed by atoms with Crippen molar-refractivity contribution in [3.05, 3.63) is 40.7 Å². The first-order valence-electron chi connectivity index (χ1n) is 14.4. The van der Waals surface area contributed by atoms with E-state index in [9.17, 15) is 8.42 Å². The number of nitrogens with zero attached hydrogens (tertiary/aromatic N) is 5. The Hall–Kier alpha value is -2.89. The monoisotopic (exact) mass is 601 g/mol. The van der Waals surface area contributed by atoms with Crippen LogP contribution in [0.3, 0.4) is 0 Å². The van der Waals surface area contributed by atoms with Crippen LogP contribution >= 0.6 is 11.6 Å². The van der Waals surface area contributed by atoms with E-state index in [1.54, 1.807) is 13.2 Å². The number of benzene rings is 1. The smallest absolute Gasteiger partial charge is 0.229 e. The third-order valence-corrected chi connectivity index (χ3v) is 9.74. The molecular weight excluding hydrogens is 562 g/mol. The van der Waals surface area contributed by atoms with Crippen LogP contribution in [0.25, 0.3) is 0 Å². The van der Waals surface area contributed by atoms with Gasteiger partial charge in [-0.05, 0) is 80.8 Å². The zero-order valence-electron chi connectivity index (χ0n) is 24.4. The molecule has 2 aliphatic rings. The van der Waals surface area contributed by atoms with Gasteiger partial charge in [-0.15, -0.1) is 0 Å². The lowest BCUT2D eigenvalue weighted by Gasteiger charge is -2.33. The second kappa shape index (κ2) is 12.1. The Balaban J connectivity index is 1.42. The lowest BCUT2D eigenvalue weighted by Crippen LogP contribution is -2.34. The lowest BCUT2D eigenvalue weighted by atomic mass is 9.87. The number of anilines is 4. The molecule has 12 heteroatoms. The summed E-state index contributed by atoms with van der Waals surface area (Å²) < 4.78 is 33.8. The van der Waals surface area contributed by atoms with Crippen LogP contribution in [0.1, 0.15) is 63.5 Å². The number of hydrogen-bond donors (Lipinski definition) is 2. The summed E-state index contributed by atoms with van der Waals surface area (Å²) in [4.78, 5) is 11.5. The van der Waals surface area contributed by atoms with Gasteiger partial charge >= 0.3 is 0 Å². The van der Waals surface area contributed by atoms with Gasteiger partial charge in [-0.1, -0.05) is 32.4 Å². The topological polar surface area (TPSA) is 114 Å². The Kier molecular flexibility index (Phi) is 8.77. The number of aromatic nitrogens is 4.